The fourth-order valence-corrected chi connectivity index (χ4v) is 3.33. The van der Waals surface area contributed by atoms with Gasteiger partial charge in [0, 0.05) is 18.7 Å². The van der Waals surface area contributed by atoms with Crippen molar-refractivity contribution in [3.8, 4) is 0 Å². The van der Waals surface area contributed by atoms with Crippen LogP contribution in [0.4, 0.5) is 14.5 Å². The van der Waals surface area contributed by atoms with Gasteiger partial charge in [0.25, 0.3) is 5.91 Å². The molecule has 0 fully saturated rings. The first-order valence-corrected chi connectivity index (χ1v) is 10.1. The van der Waals surface area contributed by atoms with E-state index in [2.05, 4.69) is 10.0 Å². The largest absolute Gasteiger partial charge is 0.379 e. The number of amides is 1. The molecule has 0 heterocycles. The number of hydrogen-bond donors (Lipinski definition) is 2. The zero-order valence-electron chi connectivity index (χ0n) is 15.5. The lowest BCUT2D eigenvalue weighted by Crippen LogP contribution is -2.26. The predicted octanol–water partition coefficient (Wildman–Crippen LogP) is 3.31. The van der Waals surface area contributed by atoms with Crippen molar-refractivity contribution in [3.63, 3.8) is 0 Å². The molecule has 9 heteroatoms. The third kappa shape index (κ3) is 6.36. The van der Waals surface area contributed by atoms with E-state index in [1.807, 2.05) is 13.8 Å². The van der Waals surface area contributed by atoms with Gasteiger partial charge in [-0.1, -0.05) is 0 Å². The number of carbonyl (C=O) groups excluding carboxylic acids is 1. The van der Waals surface area contributed by atoms with Crippen molar-refractivity contribution in [3.05, 3.63) is 59.7 Å². The Morgan fingerprint density at radius 1 is 1.11 bits per heavy atom. The number of sulfonamides is 1. The first-order valence-electron chi connectivity index (χ1n) is 8.67. The van der Waals surface area contributed by atoms with Crippen molar-refractivity contribution in [2.45, 2.75) is 31.3 Å². The smallest absolute Gasteiger partial charge is 0.255 e. The zero-order chi connectivity index (χ0) is 20.7. The third-order valence-electron chi connectivity index (χ3n) is 3.67. The predicted molar refractivity (Wildman–Crippen MR) is 102 cm³/mol. The van der Waals surface area contributed by atoms with E-state index in [1.54, 1.807) is 0 Å². The lowest BCUT2D eigenvalue weighted by Gasteiger charge is -2.11. The van der Waals surface area contributed by atoms with Crippen LogP contribution in [0.1, 0.15) is 30.6 Å². The quantitative estimate of drug-likeness (QED) is 0.619. The van der Waals surface area contributed by atoms with Crippen LogP contribution in [0.2, 0.25) is 0 Å². The van der Waals surface area contributed by atoms with Crippen LogP contribution in [0.5, 0.6) is 0 Å². The maximum atomic E-state index is 14.3. The van der Waals surface area contributed by atoms with Gasteiger partial charge in [-0.25, -0.2) is 21.9 Å². The summed E-state index contributed by atoms with van der Waals surface area (Å²) in [6, 6.07) is 7.91. The molecule has 0 bridgehead atoms. The van der Waals surface area contributed by atoms with Crippen LogP contribution in [-0.4, -0.2) is 33.6 Å². The van der Waals surface area contributed by atoms with Gasteiger partial charge in [0.05, 0.1) is 16.7 Å². The molecule has 0 aromatic heterocycles. The molecule has 2 aromatic carbocycles. The average molecular weight is 412 g/mol. The molecule has 6 nitrogen and oxygen atoms in total. The number of nitrogens with one attached hydrogen (secondary N) is 2. The summed E-state index contributed by atoms with van der Waals surface area (Å²) in [6.07, 6.45) is 0.537. The van der Waals surface area contributed by atoms with Crippen molar-refractivity contribution in [1.29, 1.82) is 0 Å². The Hall–Kier alpha value is -2.36. The van der Waals surface area contributed by atoms with Crippen LogP contribution in [0.15, 0.2) is 47.4 Å². The molecule has 0 aliphatic carbocycles. The van der Waals surface area contributed by atoms with Crippen LogP contribution in [0.3, 0.4) is 0 Å². The number of ether oxygens (including phenoxy) is 1. The van der Waals surface area contributed by atoms with Gasteiger partial charge in [0.15, 0.2) is 0 Å². The van der Waals surface area contributed by atoms with E-state index in [1.165, 1.54) is 18.2 Å². The van der Waals surface area contributed by atoms with Crippen molar-refractivity contribution in [2.75, 3.05) is 18.5 Å². The number of halogens is 2. The molecule has 0 atom stereocenters. The van der Waals surface area contributed by atoms with Gasteiger partial charge >= 0.3 is 0 Å². The highest BCUT2D eigenvalue weighted by molar-refractivity contribution is 7.89. The summed E-state index contributed by atoms with van der Waals surface area (Å²) in [5, 5.41) is 2.33. The number of benzene rings is 2. The Bertz CT molecular complexity index is 916. The second-order valence-corrected chi connectivity index (χ2v) is 8.04. The first kappa shape index (κ1) is 21.9. The van der Waals surface area contributed by atoms with Crippen LogP contribution in [0.25, 0.3) is 0 Å². The Balaban J connectivity index is 2.00. The zero-order valence-corrected chi connectivity index (χ0v) is 16.4. The van der Waals surface area contributed by atoms with Crippen molar-refractivity contribution >= 4 is 21.6 Å². The summed E-state index contributed by atoms with van der Waals surface area (Å²) in [5.74, 6) is -2.04. The standard InChI is InChI=1S/C19H22F2N2O4S/c1-13(2)27-11-3-10-22-28(25,26)16-8-9-18(17(21)12-16)23-19(24)14-4-6-15(20)7-5-14/h4-9,12-13,22H,3,10-11H2,1-2H3,(H,23,24). The van der Waals surface area contributed by atoms with Crippen LogP contribution >= 0.6 is 0 Å². The number of hydrogen-bond acceptors (Lipinski definition) is 4. The van der Waals surface area contributed by atoms with E-state index >= 15 is 0 Å². The van der Waals surface area contributed by atoms with E-state index in [-0.39, 0.29) is 28.8 Å². The number of anilines is 1. The van der Waals surface area contributed by atoms with Gasteiger partial charge < -0.3 is 10.1 Å². The van der Waals surface area contributed by atoms with E-state index in [0.717, 1.165) is 24.3 Å². The molecule has 2 rings (SSSR count). The molecule has 1 amide bonds. The summed E-state index contributed by atoms with van der Waals surface area (Å²) >= 11 is 0. The van der Waals surface area contributed by atoms with Gasteiger partial charge in [0.1, 0.15) is 11.6 Å². The molecule has 2 N–H and O–H groups in total. The van der Waals surface area contributed by atoms with Gasteiger partial charge in [-0.15, -0.1) is 0 Å². The minimum absolute atomic E-state index is 0.0587. The molecule has 2 aromatic rings. The first-order chi connectivity index (χ1) is 13.2. The van der Waals surface area contributed by atoms with E-state index in [4.69, 9.17) is 4.74 Å². The molecule has 28 heavy (non-hydrogen) atoms. The molecule has 0 aliphatic rings. The lowest BCUT2D eigenvalue weighted by molar-refractivity contribution is 0.0778. The Labute approximate surface area is 163 Å². The van der Waals surface area contributed by atoms with Crippen LogP contribution in [-0.2, 0) is 14.8 Å². The Morgan fingerprint density at radius 3 is 2.39 bits per heavy atom. The van der Waals surface area contributed by atoms with Crippen molar-refractivity contribution in [1.82, 2.24) is 4.72 Å². The monoisotopic (exact) mass is 412 g/mol. The Morgan fingerprint density at radius 2 is 1.79 bits per heavy atom. The summed E-state index contributed by atoms with van der Waals surface area (Å²) < 4.78 is 59.3. The third-order valence-corrected chi connectivity index (χ3v) is 5.13. The van der Waals surface area contributed by atoms with E-state index in [9.17, 15) is 22.0 Å². The van der Waals surface area contributed by atoms with Gasteiger partial charge in [0.2, 0.25) is 10.0 Å². The maximum absolute atomic E-state index is 14.3. The van der Waals surface area contributed by atoms with E-state index in [0.29, 0.717) is 13.0 Å². The summed E-state index contributed by atoms with van der Waals surface area (Å²) in [6.45, 7) is 4.31. The minimum Gasteiger partial charge on any atom is -0.379 e. The molecule has 0 spiro atoms. The second-order valence-electron chi connectivity index (χ2n) is 6.27. The van der Waals surface area contributed by atoms with Gasteiger partial charge in [-0.2, -0.15) is 0 Å². The molecule has 0 aliphatic heterocycles. The molecule has 0 saturated carbocycles. The molecule has 152 valence electrons. The number of rotatable bonds is 9. The highest BCUT2D eigenvalue weighted by Crippen LogP contribution is 2.20. The highest BCUT2D eigenvalue weighted by atomic mass is 32.2. The van der Waals surface area contributed by atoms with Gasteiger partial charge in [-0.05, 0) is 62.7 Å². The maximum Gasteiger partial charge on any atom is 0.255 e. The average Bonchev–Trinajstić information content (AvgIpc) is 2.63. The lowest BCUT2D eigenvalue weighted by atomic mass is 10.2. The molecule has 0 saturated heterocycles. The SMILES string of the molecule is CC(C)OCCCNS(=O)(=O)c1ccc(NC(=O)c2ccc(F)cc2)c(F)c1. The Kier molecular flexibility index (Phi) is 7.61. The highest BCUT2D eigenvalue weighted by Gasteiger charge is 2.17. The topological polar surface area (TPSA) is 84.5 Å². The number of carbonyl (C=O) groups is 1. The van der Waals surface area contributed by atoms with Crippen LogP contribution < -0.4 is 10.0 Å². The molecule has 0 radical (unpaired) electrons. The van der Waals surface area contributed by atoms with Crippen molar-refractivity contribution < 1.29 is 26.7 Å². The summed E-state index contributed by atoms with van der Waals surface area (Å²) in [5.41, 5.74) is -0.0404. The summed E-state index contributed by atoms with van der Waals surface area (Å²) in [7, 11) is -3.89. The molecular formula is C19H22F2N2O4S. The van der Waals surface area contributed by atoms with Gasteiger partial charge in [-0.3, -0.25) is 4.79 Å². The van der Waals surface area contributed by atoms with E-state index < -0.39 is 27.6 Å². The fourth-order valence-electron chi connectivity index (χ4n) is 2.24. The minimum atomic E-state index is -3.89. The fraction of sp³-hybridized carbons (Fsp3) is 0.316. The van der Waals surface area contributed by atoms with Crippen LogP contribution in [0, 0.1) is 11.6 Å². The normalized spacial score (nSPS) is 11.6. The molecule has 0 unspecified atom stereocenters. The second kappa shape index (κ2) is 9.72. The molecular weight excluding hydrogens is 390 g/mol. The summed E-state index contributed by atoms with van der Waals surface area (Å²) in [4.78, 5) is 11.8. The van der Waals surface area contributed by atoms with Crippen molar-refractivity contribution in [2.24, 2.45) is 0 Å².